The van der Waals surface area contributed by atoms with Crippen LogP contribution in [0.4, 0.5) is 4.39 Å². The van der Waals surface area contributed by atoms with E-state index in [1.165, 1.54) is 18.2 Å². The Labute approximate surface area is 112 Å². The Balaban J connectivity index is 2.65. The third-order valence-corrected chi connectivity index (χ3v) is 3.40. The number of H-pyrrole nitrogens is 1. The molecule has 0 saturated heterocycles. The van der Waals surface area contributed by atoms with Crippen LogP contribution in [0.5, 0.6) is 5.88 Å². The second kappa shape index (κ2) is 4.58. The second-order valence-electron chi connectivity index (χ2n) is 3.18. The van der Waals surface area contributed by atoms with Gasteiger partial charge in [-0.2, -0.15) is 4.98 Å². The van der Waals surface area contributed by atoms with Gasteiger partial charge in [-0.1, -0.05) is 0 Å². The van der Waals surface area contributed by atoms with Gasteiger partial charge in [0, 0.05) is 10.0 Å². The van der Waals surface area contributed by atoms with E-state index < -0.39 is 17.3 Å². The van der Waals surface area contributed by atoms with Gasteiger partial charge in [0.2, 0.25) is 5.88 Å². The zero-order valence-corrected chi connectivity index (χ0v) is 11.3. The van der Waals surface area contributed by atoms with Crippen LogP contribution >= 0.6 is 31.9 Å². The van der Waals surface area contributed by atoms with Crippen molar-refractivity contribution in [3.8, 4) is 17.3 Å². The largest absolute Gasteiger partial charge is 0.492 e. The van der Waals surface area contributed by atoms with E-state index >= 15 is 0 Å². The molecule has 0 saturated carbocycles. The number of nitrogens with zero attached hydrogens (tertiary/aromatic N) is 1. The SMILES string of the molecule is O=c1[nH]c(-c2ccc(F)cc2Br)nc(O)c1Br. The predicted molar refractivity (Wildman–Crippen MR) is 67.3 cm³/mol. The van der Waals surface area contributed by atoms with Gasteiger partial charge in [0.15, 0.2) is 0 Å². The third-order valence-electron chi connectivity index (χ3n) is 2.03. The maximum atomic E-state index is 12.9. The van der Waals surface area contributed by atoms with Crippen LogP contribution in [0.25, 0.3) is 11.4 Å². The monoisotopic (exact) mass is 362 g/mol. The van der Waals surface area contributed by atoms with Crippen molar-refractivity contribution in [1.29, 1.82) is 0 Å². The van der Waals surface area contributed by atoms with E-state index in [-0.39, 0.29) is 10.3 Å². The minimum atomic E-state index is -0.510. The van der Waals surface area contributed by atoms with E-state index in [9.17, 15) is 14.3 Å². The summed E-state index contributed by atoms with van der Waals surface area (Å²) >= 11 is 6.04. The predicted octanol–water partition coefficient (Wildman–Crippen LogP) is 2.81. The maximum absolute atomic E-state index is 12.9. The number of hydrogen-bond donors (Lipinski definition) is 2. The molecule has 0 aliphatic heterocycles. The first-order chi connectivity index (χ1) is 7.99. The van der Waals surface area contributed by atoms with Gasteiger partial charge in [-0.05, 0) is 50.1 Å². The Morgan fingerprint density at radius 3 is 2.65 bits per heavy atom. The fraction of sp³-hybridized carbons (Fsp3) is 0. The number of rotatable bonds is 1. The van der Waals surface area contributed by atoms with Gasteiger partial charge >= 0.3 is 0 Å². The lowest BCUT2D eigenvalue weighted by atomic mass is 10.2. The number of aromatic hydroxyl groups is 1. The lowest BCUT2D eigenvalue weighted by Crippen LogP contribution is -2.09. The van der Waals surface area contributed by atoms with E-state index in [2.05, 4.69) is 41.8 Å². The molecule has 1 heterocycles. The summed E-state index contributed by atoms with van der Waals surface area (Å²) in [4.78, 5) is 17.7. The number of benzene rings is 1. The van der Waals surface area contributed by atoms with Crippen molar-refractivity contribution >= 4 is 31.9 Å². The van der Waals surface area contributed by atoms with Crippen LogP contribution in [0.1, 0.15) is 0 Å². The molecule has 0 unspecified atom stereocenters. The first-order valence-corrected chi connectivity index (χ1v) is 6.02. The summed E-state index contributed by atoms with van der Waals surface area (Å²) in [5.74, 6) is -0.674. The molecule has 2 N–H and O–H groups in total. The van der Waals surface area contributed by atoms with Gasteiger partial charge in [-0.25, -0.2) is 4.39 Å². The number of aromatic nitrogens is 2. The van der Waals surface area contributed by atoms with E-state index in [0.717, 1.165) is 0 Å². The molecule has 1 aromatic carbocycles. The number of hydrogen-bond acceptors (Lipinski definition) is 3. The Hall–Kier alpha value is -1.21. The third kappa shape index (κ3) is 2.39. The molecular weight excluding hydrogens is 359 g/mol. The van der Waals surface area contributed by atoms with E-state index in [0.29, 0.717) is 10.0 Å². The molecule has 0 spiro atoms. The Morgan fingerprint density at radius 1 is 1.35 bits per heavy atom. The lowest BCUT2D eigenvalue weighted by molar-refractivity contribution is 0.448. The Kier molecular flexibility index (Phi) is 3.30. The summed E-state index contributed by atoms with van der Waals surface area (Å²) in [5, 5.41) is 9.42. The molecule has 1 aromatic heterocycles. The Bertz CT molecular complexity index is 643. The van der Waals surface area contributed by atoms with Gasteiger partial charge in [0.05, 0.1) is 0 Å². The van der Waals surface area contributed by atoms with Crippen LogP contribution in [0.2, 0.25) is 0 Å². The van der Waals surface area contributed by atoms with Crippen molar-refractivity contribution in [3.63, 3.8) is 0 Å². The van der Waals surface area contributed by atoms with Gasteiger partial charge in [0.25, 0.3) is 5.56 Å². The van der Waals surface area contributed by atoms with Gasteiger partial charge < -0.3 is 10.1 Å². The van der Waals surface area contributed by atoms with Crippen molar-refractivity contribution in [1.82, 2.24) is 9.97 Å². The smallest absolute Gasteiger partial charge is 0.269 e. The minimum absolute atomic E-state index is 0.0421. The fourth-order valence-corrected chi connectivity index (χ4v) is 1.98. The molecule has 0 radical (unpaired) electrons. The van der Waals surface area contributed by atoms with Crippen LogP contribution in [0.3, 0.4) is 0 Å². The van der Waals surface area contributed by atoms with Crippen LogP contribution in [-0.4, -0.2) is 15.1 Å². The quantitative estimate of drug-likeness (QED) is 0.818. The normalized spacial score (nSPS) is 10.5. The molecule has 2 aromatic rings. The average Bonchev–Trinajstić information content (AvgIpc) is 2.25. The highest BCUT2D eigenvalue weighted by Crippen LogP contribution is 2.27. The zero-order valence-electron chi connectivity index (χ0n) is 8.17. The summed E-state index contributed by atoms with van der Waals surface area (Å²) in [7, 11) is 0. The molecular formula is C10H5Br2FN2O2. The molecule has 7 heteroatoms. The van der Waals surface area contributed by atoms with Crippen molar-refractivity contribution in [3.05, 3.63) is 43.3 Å². The van der Waals surface area contributed by atoms with Crippen molar-refractivity contribution in [2.75, 3.05) is 0 Å². The fourth-order valence-electron chi connectivity index (χ4n) is 1.26. The summed E-state index contributed by atoms with van der Waals surface area (Å²) in [6, 6.07) is 3.93. The lowest BCUT2D eigenvalue weighted by Gasteiger charge is -2.04. The van der Waals surface area contributed by atoms with Crippen molar-refractivity contribution in [2.45, 2.75) is 0 Å². The molecule has 0 bridgehead atoms. The summed E-state index contributed by atoms with van der Waals surface area (Å²) in [6.07, 6.45) is 0. The molecule has 2 rings (SSSR count). The molecule has 0 aliphatic carbocycles. The number of aromatic amines is 1. The summed E-state index contributed by atoms with van der Waals surface area (Å²) in [5.41, 5.74) is -0.0324. The first kappa shape index (κ1) is 12.3. The molecule has 0 amide bonds. The molecule has 0 aliphatic rings. The number of nitrogens with one attached hydrogen (secondary N) is 1. The molecule has 0 fully saturated rings. The van der Waals surface area contributed by atoms with E-state index in [1.807, 2.05) is 0 Å². The Morgan fingerprint density at radius 2 is 2.06 bits per heavy atom. The van der Waals surface area contributed by atoms with E-state index in [1.54, 1.807) is 0 Å². The second-order valence-corrected chi connectivity index (χ2v) is 4.82. The minimum Gasteiger partial charge on any atom is -0.492 e. The van der Waals surface area contributed by atoms with Crippen LogP contribution in [0.15, 0.2) is 31.9 Å². The molecule has 0 atom stereocenters. The number of halogens is 3. The van der Waals surface area contributed by atoms with E-state index in [4.69, 9.17) is 0 Å². The van der Waals surface area contributed by atoms with Crippen LogP contribution in [0, 0.1) is 5.82 Å². The van der Waals surface area contributed by atoms with Crippen molar-refractivity contribution < 1.29 is 9.50 Å². The van der Waals surface area contributed by atoms with Crippen LogP contribution in [-0.2, 0) is 0 Å². The summed E-state index contributed by atoms with van der Waals surface area (Å²) in [6.45, 7) is 0. The van der Waals surface area contributed by atoms with Crippen molar-refractivity contribution in [2.24, 2.45) is 0 Å². The highest BCUT2D eigenvalue weighted by molar-refractivity contribution is 9.10. The van der Waals surface area contributed by atoms with Gasteiger partial charge in [0.1, 0.15) is 16.1 Å². The molecule has 88 valence electrons. The highest BCUT2D eigenvalue weighted by Gasteiger charge is 2.11. The average molecular weight is 364 g/mol. The topological polar surface area (TPSA) is 66.0 Å². The van der Waals surface area contributed by atoms with Gasteiger partial charge in [-0.15, -0.1) is 0 Å². The maximum Gasteiger partial charge on any atom is 0.269 e. The van der Waals surface area contributed by atoms with Crippen LogP contribution < -0.4 is 5.56 Å². The first-order valence-electron chi connectivity index (χ1n) is 4.43. The van der Waals surface area contributed by atoms with Gasteiger partial charge in [-0.3, -0.25) is 4.79 Å². The summed E-state index contributed by atoms with van der Waals surface area (Å²) < 4.78 is 13.3. The molecule has 17 heavy (non-hydrogen) atoms. The molecule has 4 nitrogen and oxygen atoms in total. The highest BCUT2D eigenvalue weighted by atomic mass is 79.9. The zero-order chi connectivity index (χ0) is 12.6. The standard InChI is InChI=1S/C10H5Br2FN2O2/c11-6-3-4(13)1-2-5(6)8-14-9(16)7(12)10(17)15-8/h1-3H,(H2,14,15,16,17).